The monoisotopic (exact) mass is 314 g/mol. The smallest absolute Gasteiger partial charge is 0.158 e. The minimum absolute atomic E-state index is 0.436. The summed E-state index contributed by atoms with van der Waals surface area (Å²) in [6.07, 6.45) is 12.5. The van der Waals surface area contributed by atoms with E-state index in [2.05, 4.69) is 12.5 Å². The van der Waals surface area contributed by atoms with Crippen molar-refractivity contribution >= 4 is 0 Å². The molecule has 0 saturated heterocycles. The summed E-state index contributed by atoms with van der Waals surface area (Å²) in [7, 11) is 1.62. The summed E-state index contributed by atoms with van der Waals surface area (Å²) in [4.78, 5) is 0. The third kappa shape index (κ3) is 3.44. The van der Waals surface area contributed by atoms with Crippen LogP contribution >= 0.6 is 0 Å². The molecule has 1 fully saturated rings. The third-order valence-electron chi connectivity index (χ3n) is 4.91. The van der Waals surface area contributed by atoms with Gasteiger partial charge in [0.1, 0.15) is 5.75 Å². The van der Waals surface area contributed by atoms with Crippen LogP contribution in [0.25, 0.3) is 0 Å². The maximum Gasteiger partial charge on any atom is 0.158 e. The molecule has 1 N–H and O–H groups in total. The molecule has 0 amide bonds. The number of ether oxygens (including phenoxy) is 2. The minimum atomic E-state index is -1.35. The highest BCUT2D eigenvalue weighted by Gasteiger charge is 2.51. The second-order valence-corrected chi connectivity index (χ2v) is 6.23. The van der Waals surface area contributed by atoms with Crippen LogP contribution < -0.4 is 4.74 Å². The van der Waals surface area contributed by atoms with Crippen LogP contribution in [0.2, 0.25) is 0 Å². The van der Waals surface area contributed by atoms with E-state index in [4.69, 9.17) is 15.9 Å². The van der Waals surface area contributed by atoms with Crippen molar-refractivity contribution in [2.45, 2.75) is 37.7 Å². The van der Waals surface area contributed by atoms with Gasteiger partial charge in [0.25, 0.3) is 0 Å². The van der Waals surface area contributed by atoms with E-state index in [1.54, 1.807) is 13.2 Å². The zero-order chi connectivity index (χ0) is 16.8. The fourth-order valence-electron chi connectivity index (χ4n) is 3.55. The summed E-state index contributed by atoms with van der Waals surface area (Å²) >= 11 is 0. The quantitative estimate of drug-likeness (QED) is 0.474. The summed E-state index contributed by atoms with van der Waals surface area (Å²) in [5.74, 6) is 3.42. The Morgan fingerprint density at radius 2 is 1.96 bits per heavy atom. The number of hydrogen-bond donors (Lipinski definition) is 1. The van der Waals surface area contributed by atoms with Crippen molar-refractivity contribution in [3.05, 3.63) is 42.5 Å². The second-order valence-electron chi connectivity index (χ2n) is 6.23. The largest absolute Gasteiger partial charge is 0.497 e. The van der Waals surface area contributed by atoms with E-state index in [0.717, 1.165) is 37.0 Å². The van der Waals surface area contributed by atoms with Gasteiger partial charge in [0.05, 0.1) is 20.3 Å². The average molecular weight is 314 g/mol. The Labute approximate surface area is 139 Å². The van der Waals surface area contributed by atoms with Gasteiger partial charge in [0.15, 0.2) is 5.60 Å². The number of hydrogen-bond acceptors (Lipinski definition) is 3. The average Bonchev–Trinajstić information content (AvgIpc) is 2.62. The first-order valence-electron chi connectivity index (χ1n) is 8.15. The summed E-state index contributed by atoms with van der Waals surface area (Å²) < 4.78 is 10.9. The lowest BCUT2D eigenvalue weighted by Crippen LogP contribution is -2.49. The number of aliphatic hydroxyl groups is 1. The second kappa shape index (κ2) is 7.68. The highest BCUT2D eigenvalue weighted by molar-refractivity contribution is 5.38. The molecule has 1 aromatic rings. The van der Waals surface area contributed by atoms with Gasteiger partial charge >= 0.3 is 0 Å². The van der Waals surface area contributed by atoms with Crippen molar-refractivity contribution < 1.29 is 14.6 Å². The number of rotatable bonds is 7. The van der Waals surface area contributed by atoms with Gasteiger partial charge in [-0.1, -0.05) is 43.4 Å². The Hall–Kier alpha value is -1.76. The van der Waals surface area contributed by atoms with Gasteiger partial charge in [0.2, 0.25) is 0 Å². The van der Waals surface area contributed by atoms with Crippen LogP contribution in [-0.4, -0.2) is 25.4 Å². The highest BCUT2D eigenvalue weighted by Crippen LogP contribution is 2.50. The Kier molecular flexibility index (Phi) is 5.87. The van der Waals surface area contributed by atoms with Gasteiger partial charge in [-0.25, -0.2) is 0 Å². The van der Waals surface area contributed by atoms with Crippen molar-refractivity contribution in [2.75, 3.05) is 20.3 Å². The zero-order valence-electron chi connectivity index (χ0n) is 13.9. The van der Waals surface area contributed by atoms with Crippen LogP contribution in [0.4, 0.5) is 0 Å². The lowest BCUT2D eigenvalue weighted by molar-refractivity contribution is -0.107. The SMILES string of the molecule is C#CC(O)(c1ccc(OC)cc1)C1(COCC=C)CCCCC1. The normalized spacial score (nSPS) is 19.3. The van der Waals surface area contributed by atoms with E-state index in [9.17, 15) is 5.11 Å². The Balaban J connectivity index is 2.38. The molecule has 1 aromatic carbocycles. The molecule has 1 aliphatic carbocycles. The Morgan fingerprint density at radius 1 is 1.30 bits per heavy atom. The molecule has 124 valence electrons. The molecule has 3 heteroatoms. The van der Waals surface area contributed by atoms with E-state index in [1.807, 2.05) is 24.3 Å². The fourth-order valence-corrected chi connectivity index (χ4v) is 3.55. The first-order valence-corrected chi connectivity index (χ1v) is 8.15. The fraction of sp³-hybridized carbons (Fsp3) is 0.500. The van der Waals surface area contributed by atoms with Crippen LogP contribution in [0.3, 0.4) is 0 Å². The first kappa shape index (κ1) is 17.6. The Bertz CT molecular complexity index is 549. The lowest BCUT2D eigenvalue weighted by Gasteiger charge is -2.47. The standard InChI is InChI=1S/C20H26O3/c1-4-15-23-16-19(13-7-6-8-14-19)20(21,5-2)17-9-11-18(22-3)12-10-17/h2,4,9-12,21H,1,6-8,13-16H2,3H3. The molecule has 23 heavy (non-hydrogen) atoms. The molecule has 1 atom stereocenters. The Morgan fingerprint density at radius 3 is 2.48 bits per heavy atom. The van der Waals surface area contributed by atoms with E-state index in [-0.39, 0.29) is 0 Å². The van der Waals surface area contributed by atoms with Gasteiger partial charge < -0.3 is 14.6 Å². The van der Waals surface area contributed by atoms with Crippen molar-refractivity contribution in [1.29, 1.82) is 0 Å². The van der Waals surface area contributed by atoms with E-state index < -0.39 is 11.0 Å². The van der Waals surface area contributed by atoms with Crippen LogP contribution in [0.1, 0.15) is 37.7 Å². The lowest BCUT2D eigenvalue weighted by atomic mass is 9.61. The van der Waals surface area contributed by atoms with Gasteiger partial charge in [-0.05, 0) is 30.5 Å². The number of methoxy groups -OCH3 is 1. The minimum Gasteiger partial charge on any atom is -0.497 e. The maximum absolute atomic E-state index is 11.4. The molecule has 3 nitrogen and oxygen atoms in total. The van der Waals surface area contributed by atoms with Gasteiger partial charge in [0, 0.05) is 5.41 Å². The zero-order valence-corrected chi connectivity index (χ0v) is 13.9. The summed E-state index contributed by atoms with van der Waals surface area (Å²) in [5, 5.41) is 11.4. The predicted molar refractivity (Wildman–Crippen MR) is 92.3 cm³/mol. The molecule has 0 bridgehead atoms. The van der Waals surface area contributed by atoms with Crippen molar-refractivity contribution in [3.8, 4) is 18.1 Å². The van der Waals surface area contributed by atoms with Crippen LogP contribution in [0, 0.1) is 17.8 Å². The molecule has 1 unspecified atom stereocenters. The highest BCUT2D eigenvalue weighted by atomic mass is 16.5. The molecule has 0 aliphatic heterocycles. The maximum atomic E-state index is 11.4. The summed E-state index contributed by atoms with van der Waals surface area (Å²) in [5.41, 5.74) is -1.08. The van der Waals surface area contributed by atoms with Gasteiger partial charge in [-0.2, -0.15) is 0 Å². The van der Waals surface area contributed by atoms with E-state index in [1.165, 1.54) is 6.42 Å². The topological polar surface area (TPSA) is 38.7 Å². The summed E-state index contributed by atoms with van der Waals surface area (Å²) in [6, 6.07) is 7.36. The van der Waals surface area contributed by atoms with Crippen LogP contribution in [0.15, 0.2) is 36.9 Å². The molecule has 0 radical (unpaired) electrons. The van der Waals surface area contributed by atoms with Crippen molar-refractivity contribution in [2.24, 2.45) is 5.41 Å². The molecule has 2 rings (SSSR count). The molecule has 0 aromatic heterocycles. The van der Waals surface area contributed by atoms with E-state index in [0.29, 0.717) is 13.2 Å². The number of benzene rings is 1. The molecule has 0 spiro atoms. The first-order chi connectivity index (χ1) is 11.1. The molecular formula is C20H26O3. The molecule has 1 aliphatic rings. The van der Waals surface area contributed by atoms with E-state index >= 15 is 0 Å². The van der Waals surface area contributed by atoms with Crippen LogP contribution in [0.5, 0.6) is 5.75 Å². The molecule has 1 saturated carbocycles. The third-order valence-corrected chi connectivity index (χ3v) is 4.91. The molecular weight excluding hydrogens is 288 g/mol. The number of terminal acetylenes is 1. The van der Waals surface area contributed by atoms with Crippen molar-refractivity contribution in [3.63, 3.8) is 0 Å². The van der Waals surface area contributed by atoms with Gasteiger partial charge in [-0.15, -0.1) is 13.0 Å². The molecule has 0 heterocycles. The van der Waals surface area contributed by atoms with Gasteiger partial charge in [-0.3, -0.25) is 0 Å². The predicted octanol–water partition coefficient (Wildman–Crippen LogP) is 3.67. The van der Waals surface area contributed by atoms with Crippen LogP contribution in [-0.2, 0) is 10.3 Å². The van der Waals surface area contributed by atoms with Crippen molar-refractivity contribution in [1.82, 2.24) is 0 Å². The summed E-state index contributed by atoms with van der Waals surface area (Å²) in [6.45, 7) is 4.58.